The van der Waals surface area contributed by atoms with Crippen LogP contribution in [0.3, 0.4) is 0 Å². The first-order valence-electron chi connectivity index (χ1n) is 17.3. The van der Waals surface area contributed by atoms with Crippen LogP contribution in [-0.2, 0) is 5.41 Å². The first-order chi connectivity index (χ1) is 24.0. The van der Waals surface area contributed by atoms with Crippen molar-refractivity contribution < 1.29 is 0 Å². The van der Waals surface area contributed by atoms with Gasteiger partial charge in [-0.3, -0.25) is 0 Å². The minimum Gasteiger partial charge on any atom is -0.354 e. The maximum absolute atomic E-state index is 3.71. The van der Waals surface area contributed by atoms with Crippen molar-refractivity contribution in [3.63, 3.8) is 0 Å². The molecule has 1 aliphatic carbocycles. The van der Waals surface area contributed by atoms with E-state index in [1.807, 2.05) is 26.0 Å². The molecule has 2 aromatic heterocycles. The highest BCUT2D eigenvalue weighted by atomic mass is 15.0. The number of H-pyrrole nitrogens is 1. The fourth-order valence-corrected chi connectivity index (χ4v) is 8.17. The smallest absolute Gasteiger partial charge is 0.0547 e. The van der Waals surface area contributed by atoms with Crippen molar-refractivity contribution >= 4 is 54.4 Å². The Morgan fingerprint density at radius 2 is 1.14 bits per heavy atom. The summed E-state index contributed by atoms with van der Waals surface area (Å²) < 4.78 is 2.47. The molecular weight excluding hydrogens is 593 g/mol. The molecule has 9 aromatic rings. The lowest BCUT2D eigenvalue weighted by atomic mass is 9.82. The molecule has 7 aromatic carbocycles. The van der Waals surface area contributed by atoms with Gasteiger partial charge >= 0.3 is 0 Å². The number of para-hydroxylation sites is 2. The number of hydrogen-bond donors (Lipinski definition) is 1. The number of aromatic nitrogens is 2. The topological polar surface area (TPSA) is 20.7 Å². The standard InChI is InChI=1S/C43H30N2.C4H8/c1-43(2)37-16-8-5-12-29(37)30-22-20-27(24-38(30)43)45-40-18-10-7-14-32(40)33-21-19-26(23-41(33)45)35-25-36-31-13-6-9-17-39(31)44-42(36)34-15-4-3-11-28(34)35;1-3-4-2/h3-25,44H,1-2H3;3-4H,1-2H3/b;4-3-. The number of nitrogens with zero attached hydrogens (tertiary/aromatic N) is 1. The predicted molar refractivity (Wildman–Crippen MR) is 211 cm³/mol. The molecule has 2 heterocycles. The lowest BCUT2D eigenvalue weighted by molar-refractivity contribution is 0.660. The third-order valence-corrected chi connectivity index (χ3v) is 10.7. The van der Waals surface area contributed by atoms with Gasteiger partial charge in [-0.2, -0.15) is 0 Å². The second-order valence-corrected chi connectivity index (χ2v) is 13.7. The lowest BCUT2D eigenvalue weighted by Gasteiger charge is -2.22. The van der Waals surface area contributed by atoms with E-state index in [0.29, 0.717) is 0 Å². The normalized spacial score (nSPS) is 13.4. The van der Waals surface area contributed by atoms with Crippen LogP contribution in [0.25, 0.3) is 82.3 Å². The van der Waals surface area contributed by atoms with Crippen LogP contribution < -0.4 is 0 Å². The van der Waals surface area contributed by atoms with Crippen LogP contribution in [0.4, 0.5) is 0 Å². The van der Waals surface area contributed by atoms with E-state index in [1.54, 1.807) is 0 Å². The second kappa shape index (κ2) is 11.1. The molecule has 236 valence electrons. The molecule has 1 aliphatic rings. The lowest BCUT2D eigenvalue weighted by Crippen LogP contribution is -2.15. The van der Waals surface area contributed by atoms with Crippen molar-refractivity contribution in [2.75, 3.05) is 0 Å². The maximum Gasteiger partial charge on any atom is 0.0547 e. The Balaban J connectivity index is 0.000000773. The second-order valence-electron chi connectivity index (χ2n) is 13.7. The molecular formula is C47H38N2. The molecule has 0 saturated heterocycles. The Bertz CT molecular complexity index is 2760. The van der Waals surface area contributed by atoms with Gasteiger partial charge in [0.05, 0.1) is 16.6 Å². The largest absolute Gasteiger partial charge is 0.354 e. The van der Waals surface area contributed by atoms with Gasteiger partial charge in [0, 0.05) is 43.6 Å². The number of benzene rings is 7. The van der Waals surface area contributed by atoms with E-state index in [9.17, 15) is 0 Å². The molecule has 0 atom stereocenters. The van der Waals surface area contributed by atoms with Gasteiger partial charge in [-0.05, 0) is 89.0 Å². The van der Waals surface area contributed by atoms with Gasteiger partial charge in [0.25, 0.3) is 0 Å². The Hall–Kier alpha value is -5.86. The summed E-state index contributed by atoms with van der Waals surface area (Å²) in [7, 11) is 0. The molecule has 0 aliphatic heterocycles. The molecule has 2 nitrogen and oxygen atoms in total. The summed E-state index contributed by atoms with van der Waals surface area (Å²) in [6.07, 6.45) is 4.00. The van der Waals surface area contributed by atoms with E-state index in [-0.39, 0.29) is 5.41 Å². The summed E-state index contributed by atoms with van der Waals surface area (Å²) in [5, 5.41) is 7.59. The summed E-state index contributed by atoms with van der Waals surface area (Å²) in [5.74, 6) is 0. The summed E-state index contributed by atoms with van der Waals surface area (Å²) in [6.45, 7) is 8.72. The summed E-state index contributed by atoms with van der Waals surface area (Å²) >= 11 is 0. The zero-order valence-electron chi connectivity index (χ0n) is 28.4. The fraction of sp³-hybridized carbons (Fsp3) is 0.106. The van der Waals surface area contributed by atoms with E-state index >= 15 is 0 Å². The van der Waals surface area contributed by atoms with Gasteiger partial charge in [0.15, 0.2) is 0 Å². The molecule has 49 heavy (non-hydrogen) atoms. The summed E-state index contributed by atoms with van der Waals surface area (Å²) in [4.78, 5) is 3.71. The molecule has 0 amide bonds. The van der Waals surface area contributed by atoms with E-state index in [2.05, 4.69) is 163 Å². The van der Waals surface area contributed by atoms with Crippen LogP contribution in [0.5, 0.6) is 0 Å². The third-order valence-electron chi connectivity index (χ3n) is 10.7. The number of hydrogen-bond acceptors (Lipinski definition) is 0. The Labute approximate surface area is 287 Å². The van der Waals surface area contributed by atoms with Crippen molar-refractivity contribution in [2.24, 2.45) is 0 Å². The van der Waals surface area contributed by atoms with Crippen LogP contribution in [-0.4, -0.2) is 9.55 Å². The molecule has 0 spiro atoms. The molecule has 0 fully saturated rings. The summed E-state index contributed by atoms with van der Waals surface area (Å²) in [6, 6.07) is 51.6. The van der Waals surface area contributed by atoms with Crippen molar-refractivity contribution in [1.29, 1.82) is 0 Å². The number of rotatable bonds is 2. The minimum atomic E-state index is -0.0560. The van der Waals surface area contributed by atoms with Crippen LogP contribution in [0.15, 0.2) is 152 Å². The van der Waals surface area contributed by atoms with Gasteiger partial charge in [-0.15, -0.1) is 0 Å². The Morgan fingerprint density at radius 3 is 1.96 bits per heavy atom. The van der Waals surface area contributed by atoms with E-state index in [1.165, 1.54) is 93.5 Å². The number of fused-ring (bicyclic) bond motifs is 11. The average Bonchev–Trinajstić information content (AvgIpc) is 3.77. The van der Waals surface area contributed by atoms with Gasteiger partial charge in [0.2, 0.25) is 0 Å². The quantitative estimate of drug-likeness (QED) is 0.184. The molecule has 2 heteroatoms. The predicted octanol–water partition coefficient (Wildman–Crippen LogP) is 13.1. The van der Waals surface area contributed by atoms with Gasteiger partial charge in [0.1, 0.15) is 0 Å². The average molecular weight is 631 g/mol. The van der Waals surface area contributed by atoms with Gasteiger partial charge in [-0.1, -0.05) is 129 Å². The van der Waals surface area contributed by atoms with Crippen LogP contribution in [0, 0.1) is 0 Å². The number of allylic oxidation sites excluding steroid dienone is 2. The van der Waals surface area contributed by atoms with Crippen LogP contribution >= 0.6 is 0 Å². The first-order valence-corrected chi connectivity index (χ1v) is 17.3. The molecule has 10 rings (SSSR count). The van der Waals surface area contributed by atoms with E-state index in [4.69, 9.17) is 0 Å². The highest BCUT2D eigenvalue weighted by Crippen LogP contribution is 2.49. The molecule has 1 N–H and O–H groups in total. The first kappa shape index (κ1) is 29.3. The molecule has 0 saturated carbocycles. The SMILES string of the molecule is C/C=C\C.CC1(C)c2ccccc2-c2ccc(-n3c4ccccc4c4ccc(-c5cc6c7ccccc7[nH]c6c6ccccc56)cc43)cc21. The zero-order chi connectivity index (χ0) is 33.3. The highest BCUT2D eigenvalue weighted by molar-refractivity contribution is 6.21. The zero-order valence-corrected chi connectivity index (χ0v) is 28.4. The van der Waals surface area contributed by atoms with Crippen molar-refractivity contribution in [1.82, 2.24) is 9.55 Å². The van der Waals surface area contributed by atoms with E-state index in [0.717, 1.165) is 0 Å². The van der Waals surface area contributed by atoms with Crippen LogP contribution in [0.2, 0.25) is 0 Å². The monoisotopic (exact) mass is 630 g/mol. The fourth-order valence-electron chi connectivity index (χ4n) is 8.17. The Kier molecular flexibility index (Phi) is 6.64. The summed E-state index contributed by atoms with van der Waals surface area (Å²) in [5.41, 5.74) is 14.0. The molecule has 0 bridgehead atoms. The van der Waals surface area contributed by atoms with Crippen molar-refractivity contribution in [3.8, 4) is 27.9 Å². The van der Waals surface area contributed by atoms with Gasteiger partial charge in [-0.25, -0.2) is 0 Å². The number of nitrogens with one attached hydrogen (secondary N) is 1. The highest BCUT2D eigenvalue weighted by Gasteiger charge is 2.35. The van der Waals surface area contributed by atoms with Crippen molar-refractivity contribution in [3.05, 3.63) is 163 Å². The van der Waals surface area contributed by atoms with Crippen molar-refractivity contribution in [2.45, 2.75) is 33.1 Å². The van der Waals surface area contributed by atoms with E-state index < -0.39 is 0 Å². The Morgan fingerprint density at radius 1 is 0.490 bits per heavy atom. The molecule has 0 radical (unpaired) electrons. The third kappa shape index (κ3) is 4.34. The molecule has 0 unspecified atom stereocenters. The van der Waals surface area contributed by atoms with Crippen LogP contribution in [0.1, 0.15) is 38.8 Å². The maximum atomic E-state index is 3.71. The number of aromatic amines is 1. The van der Waals surface area contributed by atoms with Gasteiger partial charge < -0.3 is 9.55 Å². The minimum absolute atomic E-state index is 0.0560.